The molecule has 0 N–H and O–H groups in total. The molecule has 3 amide bonds. The number of hydrogen-bond donors (Lipinski definition) is 0. The lowest BCUT2D eigenvalue weighted by Crippen LogP contribution is -2.71. The van der Waals surface area contributed by atoms with Crippen LogP contribution in [0.1, 0.15) is 36.5 Å². The predicted octanol–water partition coefficient (Wildman–Crippen LogP) is 3.30. The van der Waals surface area contributed by atoms with Gasteiger partial charge in [0.05, 0.1) is 5.56 Å². The van der Waals surface area contributed by atoms with Crippen LogP contribution >= 0.6 is 0 Å². The van der Waals surface area contributed by atoms with Crippen molar-refractivity contribution in [1.29, 1.82) is 0 Å². The van der Waals surface area contributed by atoms with Crippen LogP contribution in [0, 0.1) is 12.7 Å². The highest BCUT2D eigenvalue weighted by atomic mass is 19.4. The van der Waals surface area contributed by atoms with Gasteiger partial charge in [0.15, 0.2) is 11.6 Å². The monoisotopic (exact) mass is 492 g/mol. The van der Waals surface area contributed by atoms with Gasteiger partial charge in [-0.2, -0.15) is 13.2 Å². The van der Waals surface area contributed by atoms with Gasteiger partial charge in [-0.1, -0.05) is 12.1 Å². The van der Waals surface area contributed by atoms with Crippen molar-refractivity contribution in [3.8, 4) is 0 Å². The number of anilines is 1. The van der Waals surface area contributed by atoms with Crippen LogP contribution in [-0.2, 0) is 27.1 Å². The van der Waals surface area contributed by atoms with Crippen molar-refractivity contribution >= 4 is 23.5 Å². The Kier molecular flexibility index (Phi) is 6.29. The first-order valence-corrected chi connectivity index (χ1v) is 11.1. The third kappa shape index (κ3) is 4.59. The van der Waals surface area contributed by atoms with Crippen LogP contribution in [0.3, 0.4) is 0 Å². The van der Waals surface area contributed by atoms with Gasteiger partial charge in [0.25, 0.3) is 5.91 Å². The fraction of sp³-hybridized carbons (Fsp3) is 0.417. The number of likely N-dealkylation sites (tertiary alicyclic amines) is 1. The van der Waals surface area contributed by atoms with Gasteiger partial charge in [-0.15, -0.1) is 0 Å². The van der Waals surface area contributed by atoms with Crippen LogP contribution in [0.5, 0.6) is 0 Å². The Morgan fingerprint density at radius 3 is 2.29 bits per heavy atom. The maximum atomic E-state index is 14.7. The number of pyridine rings is 1. The second-order valence-electron chi connectivity index (χ2n) is 8.92. The molecule has 2 saturated heterocycles. The molecule has 2 fully saturated rings. The summed E-state index contributed by atoms with van der Waals surface area (Å²) < 4.78 is 53.6. The highest BCUT2D eigenvalue weighted by Gasteiger charge is 2.54. The quantitative estimate of drug-likeness (QED) is 0.617. The topological polar surface area (TPSA) is 73.8 Å². The molecule has 0 unspecified atom stereocenters. The number of aromatic nitrogens is 1. The largest absolute Gasteiger partial charge is 0.416 e. The van der Waals surface area contributed by atoms with Crippen LogP contribution in [0.2, 0.25) is 0 Å². The van der Waals surface area contributed by atoms with Crippen molar-refractivity contribution in [3.63, 3.8) is 0 Å². The second kappa shape index (κ2) is 8.94. The van der Waals surface area contributed by atoms with E-state index in [2.05, 4.69) is 4.98 Å². The smallest absolute Gasteiger partial charge is 0.343 e. The minimum Gasteiger partial charge on any atom is -0.343 e. The molecular weight excluding hydrogens is 468 g/mol. The van der Waals surface area contributed by atoms with Crippen molar-refractivity contribution < 1.29 is 31.9 Å². The van der Waals surface area contributed by atoms with E-state index < -0.39 is 41.5 Å². The van der Waals surface area contributed by atoms with Gasteiger partial charge in [0, 0.05) is 32.8 Å². The summed E-state index contributed by atoms with van der Waals surface area (Å²) in [4.78, 5) is 47.0. The minimum absolute atomic E-state index is 0.0968. The maximum Gasteiger partial charge on any atom is 0.416 e. The number of aryl methyl sites for hydroxylation is 1. The van der Waals surface area contributed by atoms with E-state index in [-0.39, 0.29) is 44.2 Å². The summed E-state index contributed by atoms with van der Waals surface area (Å²) in [5.74, 6) is -2.17. The molecule has 0 bridgehead atoms. The average molecular weight is 492 g/mol. The molecule has 0 atom stereocenters. The van der Waals surface area contributed by atoms with E-state index >= 15 is 0 Å². The highest BCUT2D eigenvalue weighted by Crippen LogP contribution is 2.38. The Labute approximate surface area is 199 Å². The first kappa shape index (κ1) is 24.6. The Hall–Kier alpha value is -3.50. The Morgan fingerprint density at radius 1 is 1.11 bits per heavy atom. The molecule has 0 aliphatic carbocycles. The predicted molar refractivity (Wildman–Crippen MR) is 117 cm³/mol. The van der Waals surface area contributed by atoms with Gasteiger partial charge in [-0.05, 0) is 49.1 Å². The van der Waals surface area contributed by atoms with Crippen LogP contribution < -0.4 is 4.90 Å². The minimum atomic E-state index is -4.50. The second-order valence-corrected chi connectivity index (χ2v) is 8.92. The third-order valence-corrected chi connectivity index (χ3v) is 6.63. The fourth-order valence-electron chi connectivity index (χ4n) is 4.69. The highest BCUT2D eigenvalue weighted by molar-refractivity contribution is 6.09. The molecule has 35 heavy (non-hydrogen) atoms. The molecule has 7 nitrogen and oxygen atoms in total. The van der Waals surface area contributed by atoms with E-state index in [1.165, 1.54) is 36.2 Å². The van der Waals surface area contributed by atoms with Crippen molar-refractivity contribution in [3.05, 3.63) is 59.0 Å². The van der Waals surface area contributed by atoms with Gasteiger partial charge in [0.2, 0.25) is 11.8 Å². The summed E-state index contributed by atoms with van der Waals surface area (Å²) in [5.41, 5.74) is -1.24. The van der Waals surface area contributed by atoms with E-state index in [4.69, 9.17) is 0 Å². The number of piperidine rings is 1. The summed E-state index contributed by atoms with van der Waals surface area (Å²) in [6, 6.07) is 5.61. The molecule has 3 heterocycles. The summed E-state index contributed by atoms with van der Waals surface area (Å²) >= 11 is 0. The number of rotatable bonds is 3. The average Bonchev–Trinajstić information content (AvgIpc) is 2.80. The molecule has 1 aromatic heterocycles. The lowest BCUT2D eigenvalue weighted by Gasteiger charge is -2.52. The first-order valence-electron chi connectivity index (χ1n) is 11.1. The van der Waals surface area contributed by atoms with Crippen molar-refractivity contribution in [2.45, 2.75) is 44.9 Å². The van der Waals surface area contributed by atoms with Gasteiger partial charge < -0.3 is 9.80 Å². The van der Waals surface area contributed by atoms with Crippen molar-refractivity contribution in [2.24, 2.45) is 0 Å². The zero-order chi connectivity index (χ0) is 25.5. The van der Waals surface area contributed by atoms with E-state index in [1.54, 1.807) is 11.8 Å². The molecule has 1 aromatic carbocycles. The number of hydrogen-bond acceptors (Lipinski definition) is 4. The standard InChI is InChI=1S/C24H24F4N4O3/c1-15-11-19(25)21(29-12-15)31-14-20(34)32(13-17-3-5-18(6-4-17)24(26,27)28)23(22(31)35)7-9-30(10-8-23)16(2)33/h3-6,11-12H,7-10,13-14H2,1-2H3. The normalized spacial score (nSPS) is 18.4. The van der Waals surface area contributed by atoms with Crippen LogP contribution in [0.4, 0.5) is 23.4 Å². The van der Waals surface area contributed by atoms with E-state index in [0.717, 1.165) is 17.0 Å². The Morgan fingerprint density at radius 2 is 1.74 bits per heavy atom. The number of halogens is 4. The Balaban J connectivity index is 1.69. The van der Waals surface area contributed by atoms with Gasteiger partial charge >= 0.3 is 6.18 Å². The lowest BCUT2D eigenvalue weighted by atomic mass is 9.81. The SMILES string of the molecule is CC(=O)N1CCC2(CC1)C(=O)N(c1ncc(C)cc1F)CC(=O)N2Cc1ccc(C(F)(F)F)cc1. The number of carbonyl (C=O) groups is 3. The maximum absolute atomic E-state index is 14.7. The number of carbonyl (C=O) groups excluding carboxylic acids is 3. The zero-order valence-electron chi connectivity index (χ0n) is 19.2. The van der Waals surface area contributed by atoms with E-state index in [0.29, 0.717) is 11.1 Å². The van der Waals surface area contributed by atoms with Crippen LogP contribution in [-0.4, -0.2) is 57.7 Å². The lowest BCUT2D eigenvalue weighted by molar-refractivity contribution is -0.156. The van der Waals surface area contributed by atoms with Crippen molar-refractivity contribution in [2.75, 3.05) is 24.5 Å². The first-order chi connectivity index (χ1) is 16.4. The molecule has 4 rings (SSSR count). The van der Waals surface area contributed by atoms with E-state index in [1.807, 2.05) is 0 Å². The van der Waals surface area contributed by atoms with Gasteiger partial charge in [-0.25, -0.2) is 9.37 Å². The molecule has 1 spiro atoms. The number of piperazine rings is 1. The van der Waals surface area contributed by atoms with Crippen LogP contribution in [0.25, 0.3) is 0 Å². The summed E-state index contributed by atoms with van der Waals surface area (Å²) in [7, 11) is 0. The van der Waals surface area contributed by atoms with Crippen LogP contribution in [0.15, 0.2) is 36.5 Å². The number of nitrogens with zero attached hydrogens (tertiary/aromatic N) is 4. The molecule has 2 aromatic rings. The fourth-order valence-corrected chi connectivity index (χ4v) is 4.69. The molecular formula is C24H24F4N4O3. The van der Waals surface area contributed by atoms with E-state index in [9.17, 15) is 31.9 Å². The Bertz CT molecular complexity index is 1160. The molecule has 2 aliphatic heterocycles. The molecule has 0 saturated carbocycles. The van der Waals surface area contributed by atoms with Gasteiger partial charge in [0.1, 0.15) is 12.1 Å². The third-order valence-electron chi connectivity index (χ3n) is 6.63. The molecule has 11 heteroatoms. The number of alkyl halides is 3. The summed E-state index contributed by atoms with van der Waals surface area (Å²) in [6.07, 6.45) is -2.87. The zero-order valence-corrected chi connectivity index (χ0v) is 19.2. The van der Waals surface area contributed by atoms with Crippen molar-refractivity contribution in [1.82, 2.24) is 14.8 Å². The number of amides is 3. The summed E-state index contributed by atoms with van der Waals surface area (Å²) in [6.45, 7) is 2.91. The summed E-state index contributed by atoms with van der Waals surface area (Å²) in [5, 5.41) is 0. The molecule has 186 valence electrons. The molecule has 2 aliphatic rings. The van der Waals surface area contributed by atoms with Gasteiger partial charge in [-0.3, -0.25) is 19.3 Å². The number of benzene rings is 1. The molecule has 0 radical (unpaired) electrons.